The minimum atomic E-state index is -0.0538. The van der Waals surface area contributed by atoms with Crippen molar-refractivity contribution < 1.29 is 0 Å². The fraction of sp³-hybridized carbons (Fsp3) is 0.400. The molecule has 0 spiro atoms. The lowest BCUT2D eigenvalue weighted by molar-refractivity contribution is 0.964. The van der Waals surface area contributed by atoms with Crippen LogP contribution in [0.3, 0.4) is 0 Å². The number of halogens is 1. The number of aryl methyl sites for hydroxylation is 1. The average Bonchev–Trinajstić information content (AvgIpc) is 2.14. The van der Waals surface area contributed by atoms with Gasteiger partial charge in [-0.1, -0.05) is 6.92 Å². The minimum absolute atomic E-state index is 0. The third-order valence-corrected chi connectivity index (χ3v) is 1.03. The fourth-order valence-corrected chi connectivity index (χ4v) is 0.563. The Bertz CT molecular complexity index is 215. The molecule has 0 aliphatic carbocycles. The molecule has 52 valence electrons. The molecule has 3 nitrogen and oxygen atoms in total. The molecule has 0 unspecified atom stereocenters. The van der Waals surface area contributed by atoms with Gasteiger partial charge in [0.1, 0.15) is 0 Å². The lowest BCUT2D eigenvalue weighted by Crippen LogP contribution is -1.93. The van der Waals surface area contributed by atoms with Gasteiger partial charge in [-0.15, -0.1) is 12.4 Å². The van der Waals surface area contributed by atoms with Gasteiger partial charge in [0.05, 0.1) is 0 Å². The van der Waals surface area contributed by atoms with Gasteiger partial charge in [-0.25, -0.2) is 0 Å². The van der Waals surface area contributed by atoms with E-state index < -0.39 is 0 Å². The zero-order valence-corrected chi connectivity index (χ0v) is 5.92. The number of H-pyrrole nitrogens is 2. The van der Waals surface area contributed by atoms with E-state index in [0.29, 0.717) is 0 Å². The van der Waals surface area contributed by atoms with Crippen LogP contribution in [0, 0.1) is 0 Å². The number of hydrogen-bond acceptors (Lipinski definition) is 1. The van der Waals surface area contributed by atoms with Crippen molar-refractivity contribution in [3.63, 3.8) is 0 Å². The number of nitrogens with one attached hydrogen (secondary N) is 2. The van der Waals surface area contributed by atoms with Gasteiger partial charge in [0, 0.05) is 11.8 Å². The number of aromatic amines is 2. The molecule has 0 saturated heterocycles. The Morgan fingerprint density at radius 2 is 2.22 bits per heavy atom. The topological polar surface area (TPSA) is 48.6 Å². The van der Waals surface area contributed by atoms with Crippen molar-refractivity contribution in [2.75, 3.05) is 0 Å². The first-order chi connectivity index (χ1) is 3.83. The van der Waals surface area contributed by atoms with Crippen LogP contribution in [-0.2, 0) is 6.42 Å². The standard InChI is InChI=1S/C5H8N2O.ClH/c1-2-4-3-5(8)7-6-4;/h3H,2H2,1H3,(H2,6,7,8);1H. The van der Waals surface area contributed by atoms with Crippen molar-refractivity contribution in [1.82, 2.24) is 10.2 Å². The van der Waals surface area contributed by atoms with Crippen LogP contribution < -0.4 is 5.56 Å². The molecule has 0 bridgehead atoms. The molecule has 0 radical (unpaired) electrons. The van der Waals surface area contributed by atoms with Gasteiger partial charge in [0.15, 0.2) is 0 Å². The first-order valence-electron chi connectivity index (χ1n) is 2.59. The molecule has 1 aromatic heterocycles. The van der Waals surface area contributed by atoms with Crippen LogP contribution in [-0.4, -0.2) is 10.2 Å². The molecule has 0 saturated carbocycles. The molecule has 0 atom stereocenters. The molecule has 1 aromatic rings. The molecule has 0 aliphatic heterocycles. The maximum absolute atomic E-state index is 10.4. The van der Waals surface area contributed by atoms with E-state index in [4.69, 9.17) is 0 Å². The molecule has 0 amide bonds. The summed E-state index contributed by atoms with van der Waals surface area (Å²) in [7, 11) is 0. The average molecular weight is 149 g/mol. The Labute approximate surface area is 58.9 Å². The lowest BCUT2D eigenvalue weighted by Gasteiger charge is -1.79. The summed E-state index contributed by atoms with van der Waals surface area (Å²) in [5.74, 6) is 0. The normalized spacial score (nSPS) is 8.56. The fourth-order valence-electron chi connectivity index (χ4n) is 0.563. The highest BCUT2D eigenvalue weighted by Gasteiger charge is 1.87. The zero-order chi connectivity index (χ0) is 5.98. The highest BCUT2D eigenvalue weighted by atomic mass is 35.5. The lowest BCUT2D eigenvalue weighted by atomic mass is 10.3. The van der Waals surface area contributed by atoms with Crippen LogP contribution in [0.2, 0.25) is 0 Å². The van der Waals surface area contributed by atoms with E-state index in [0.717, 1.165) is 12.1 Å². The molecule has 4 heteroatoms. The first kappa shape index (κ1) is 8.30. The minimum Gasteiger partial charge on any atom is -0.302 e. The molecule has 1 rings (SSSR count). The van der Waals surface area contributed by atoms with Crippen LogP contribution in [0.15, 0.2) is 10.9 Å². The first-order valence-corrected chi connectivity index (χ1v) is 2.59. The highest BCUT2D eigenvalue weighted by molar-refractivity contribution is 5.85. The van der Waals surface area contributed by atoms with Gasteiger partial charge in [-0.3, -0.25) is 9.89 Å². The number of rotatable bonds is 1. The molecule has 1 heterocycles. The smallest absolute Gasteiger partial charge is 0.264 e. The maximum atomic E-state index is 10.4. The molecule has 2 N–H and O–H groups in total. The Balaban J connectivity index is 0.000000640. The van der Waals surface area contributed by atoms with Gasteiger partial charge in [0.2, 0.25) is 0 Å². The van der Waals surface area contributed by atoms with Crippen molar-refractivity contribution in [3.8, 4) is 0 Å². The van der Waals surface area contributed by atoms with Crippen molar-refractivity contribution >= 4 is 12.4 Å². The van der Waals surface area contributed by atoms with Crippen LogP contribution in [0.5, 0.6) is 0 Å². The van der Waals surface area contributed by atoms with E-state index >= 15 is 0 Å². The third kappa shape index (κ3) is 1.93. The van der Waals surface area contributed by atoms with E-state index in [1.165, 1.54) is 0 Å². The molecule has 9 heavy (non-hydrogen) atoms. The van der Waals surface area contributed by atoms with Crippen LogP contribution >= 0.6 is 12.4 Å². The van der Waals surface area contributed by atoms with Crippen molar-refractivity contribution in [3.05, 3.63) is 22.1 Å². The van der Waals surface area contributed by atoms with Gasteiger partial charge in [-0.05, 0) is 6.42 Å². The van der Waals surface area contributed by atoms with Gasteiger partial charge in [0.25, 0.3) is 5.56 Å². The van der Waals surface area contributed by atoms with Crippen molar-refractivity contribution in [2.45, 2.75) is 13.3 Å². The van der Waals surface area contributed by atoms with Crippen LogP contribution in [0.1, 0.15) is 12.6 Å². The molecule has 0 aromatic carbocycles. The molecule has 0 aliphatic rings. The van der Waals surface area contributed by atoms with E-state index in [1.54, 1.807) is 6.07 Å². The van der Waals surface area contributed by atoms with Gasteiger partial charge in [-0.2, -0.15) is 0 Å². The molecular weight excluding hydrogens is 140 g/mol. The summed E-state index contributed by atoms with van der Waals surface area (Å²) in [6, 6.07) is 1.56. The van der Waals surface area contributed by atoms with Gasteiger partial charge >= 0.3 is 0 Å². The summed E-state index contributed by atoms with van der Waals surface area (Å²) in [6.07, 6.45) is 0.874. The molecular formula is C5H9ClN2O. The summed E-state index contributed by atoms with van der Waals surface area (Å²) >= 11 is 0. The highest BCUT2D eigenvalue weighted by Crippen LogP contribution is 1.84. The predicted octanol–water partition coefficient (Wildman–Crippen LogP) is 0.687. The number of hydrogen-bond donors (Lipinski definition) is 2. The summed E-state index contributed by atoms with van der Waals surface area (Å²) in [6.45, 7) is 1.99. The zero-order valence-electron chi connectivity index (χ0n) is 5.10. The molecule has 0 fully saturated rings. The SMILES string of the molecule is CCc1cc(=O)[nH][nH]1.Cl. The Morgan fingerprint density at radius 1 is 1.56 bits per heavy atom. The predicted molar refractivity (Wildman–Crippen MR) is 38.0 cm³/mol. The van der Waals surface area contributed by atoms with Crippen LogP contribution in [0.25, 0.3) is 0 Å². The second kappa shape index (κ2) is 3.35. The van der Waals surface area contributed by atoms with Gasteiger partial charge < -0.3 is 5.10 Å². The van der Waals surface area contributed by atoms with Crippen LogP contribution in [0.4, 0.5) is 0 Å². The largest absolute Gasteiger partial charge is 0.302 e. The summed E-state index contributed by atoms with van der Waals surface area (Å²) < 4.78 is 0. The monoisotopic (exact) mass is 148 g/mol. The van der Waals surface area contributed by atoms with Crippen molar-refractivity contribution in [2.24, 2.45) is 0 Å². The quantitative estimate of drug-likeness (QED) is 0.605. The van der Waals surface area contributed by atoms with E-state index in [2.05, 4.69) is 10.2 Å². The third-order valence-electron chi connectivity index (χ3n) is 1.03. The Kier molecular flexibility index (Phi) is 3.09. The second-order valence-corrected chi connectivity index (χ2v) is 1.64. The van der Waals surface area contributed by atoms with Crippen molar-refractivity contribution in [1.29, 1.82) is 0 Å². The van der Waals surface area contributed by atoms with E-state index in [-0.39, 0.29) is 18.0 Å². The Morgan fingerprint density at radius 3 is 2.44 bits per heavy atom. The maximum Gasteiger partial charge on any atom is 0.264 e. The summed E-state index contributed by atoms with van der Waals surface area (Å²) in [5.41, 5.74) is 0.900. The van der Waals surface area contributed by atoms with E-state index in [1.807, 2.05) is 6.92 Å². The Hall–Kier alpha value is -0.700. The second-order valence-electron chi connectivity index (χ2n) is 1.64. The summed E-state index contributed by atoms with van der Waals surface area (Å²) in [4.78, 5) is 10.4. The van der Waals surface area contributed by atoms with E-state index in [9.17, 15) is 4.79 Å². The number of aromatic nitrogens is 2. The summed E-state index contributed by atoms with van der Waals surface area (Å²) in [5, 5.41) is 5.16.